The van der Waals surface area contributed by atoms with Crippen LogP contribution in [0.25, 0.3) is 27.5 Å². The zero-order valence-corrected chi connectivity index (χ0v) is 38.9. The summed E-state index contributed by atoms with van der Waals surface area (Å²) in [5.74, 6) is 0. The molecule has 0 spiro atoms. The van der Waals surface area contributed by atoms with Crippen LogP contribution in [0.1, 0.15) is 52.7 Å². The number of hydrogen-bond donors (Lipinski definition) is 0. The lowest BCUT2D eigenvalue weighted by Crippen LogP contribution is -2.25. The molecule has 0 fully saturated rings. The highest BCUT2D eigenvalue weighted by atomic mass is 15.3. The minimum absolute atomic E-state index is 0.0531. The molecule has 0 radical (unpaired) electrons. The van der Waals surface area contributed by atoms with Crippen LogP contribution in [-0.4, -0.2) is 4.57 Å². The van der Waals surface area contributed by atoms with E-state index < -0.39 is 0 Å². The highest BCUT2D eigenvalue weighted by molar-refractivity contribution is 6.10. The Morgan fingerprint density at radius 3 is 0.806 bits per heavy atom. The molecule has 0 N–H and O–H groups in total. The Labute approximate surface area is 394 Å². The maximum Gasteiger partial charge on any atom is 0.0703 e. The Morgan fingerprint density at radius 2 is 0.507 bits per heavy atom. The number of rotatable bonds is 5. The summed E-state index contributed by atoms with van der Waals surface area (Å²) in [6, 6.07) is 78.4. The van der Waals surface area contributed by atoms with Crippen molar-refractivity contribution in [3.8, 4) is 5.69 Å². The van der Waals surface area contributed by atoms with Crippen LogP contribution in [0.5, 0.6) is 0 Å². The minimum atomic E-state index is 0.0531. The maximum absolute atomic E-state index is 2.47. The third-order valence-electron chi connectivity index (χ3n) is 13.7. The van der Waals surface area contributed by atoms with E-state index in [-0.39, 0.29) is 10.8 Å². The van der Waals surface area contributed by atoms with E-state index in [1.165, 1.54) is 32.9 Å². The summed E-state index contributed by atoms with van der Waals surface area (Å²) in [7, 11) is 0. The normalized spacial score (nSPS) is 13.4. The molecule has 9 aromatic carbocycles. The smallest absolute Gasteiger partial charge is 0.0703 e. The monoisotopic (exact) mass is 867 g/mol. The van der Waals surface area contributed by atoms with Gasteiger partial charge >= 0.3 is 0 Å². The molecule has 0 atom stereocenters. The first-order valence-electron chi connectivity index (χ1n) is 23.4. The van der Waals surface area contributed by atoms with Gasteiger partial charge in [-0.3, -0.25) is 0 Å². The van der Waals surface area contributed by atoms with E-state index in [1.807, 2.05) is 0 Å². The van der Waals surface area contributed by atoms with Gasteiger partial charge in [-0.05, 0) is 125 Å². The van der Waals surface area contributed by atoms with Gasteiger partial charge < -0.3 is 24.2 Å². The lowest BCUT2D eigenvalue weighted by Gasteiger charge is -2.42. The van der Waals surface area contributed by atoms with E-state index in [9.17, 15) is 0 Å². The molecule has 10 aromatic rings. The van der Waals surface area contributed by atoms with Crippen LogP contribution in [0.3, 0.4) is 0 Å². The van der Waals surface area contributed by atoms with Crippen LogP contribution < -0.4 is 19.6 Å². The SMILES string of the molecule is CC(C)(C)c1ccc(N2c3ccccc3N(c3cc(N4c5ccccc5N(c5ccc(C(C)(C)C)cc5)c5ccccc54)cc(-n4c5ccccc5c5ccccc54)c3)c3ccccc32)cc1. The Balaban J connectivity index is 1.10. The number of anilines is 12. The van der Waals surface area contributed by atoms with Crippen molar-refractivity contribution >= 4 is 90.1 Å². The molecule has 2 aliphatic heterocycles. The van der Waals surface area contributed by atoms with E-state index in [4.69, 9.17) is 0 Å². The summed E-state index contributed by atoms with van der Waals surface area (Å²) in [5.41, 5.74) is 19.4. The Kier molecular flexibility index (Phi) is 9.24. The Hall–Kier alpha value is -8.02. The van der Waals surface area contributed by atoms with Crippen molar-refractivity contribution in [2.75, 3.05) is 19.6 Å². The molecule has 0 unspecified atom stereocenters. The van der Waals surface area contributed by atoms with Crippen molar-refractivity contribution < 1.29 is 0 Å². The topological polar surface area (TPSA) is 17.9 Å². The maximum atomic E-state index is 2.47. The van der Waals surface area contributed by atoms with Gasteiger partial charge in [-0.25, -0.2) is 0 Å². The fourth-order valence-corrected chi connectivity index (χ4v) is 10.4. The predicted molar refractivity (Wildman–Crippen MR) is 284 cm³/mol. The van der Waals surface area contributed by atoms with Crippen LogP contribution in [0.15, 0.2) is 212 Å². The van der Waals surface area contributed by atoms with Gasteiger partial charge in [-0.15, -0.1) is 0 Å². The number of benzene rings is 9. The number of para-hydroxylation sites is 10. The molecule has 0 saturated heterocycles. The van der Waals surface area contributed by atoms with E-state index in [2.05, 4.69) is 278 Å². The van der Waals surface area contributed by atoms with Crippen molar-refractivity contribution in [2.45, 2.75) is 52.4 Å². The molecule has 0 amide bonds. The average Bonchev–Trinajstić information content (AvgIpc) is 3.68. The van der Waals surface area contributed by atoms with Gasteiger partial charge in [0.1, 0.15) is 0 Å². The van der Waals surface area contributed by atoms with Crippen molar-refractivity contribution in [1.82, 2.24) is 4.57 Å². The highest BCUT2D eigenvalue weighted by Gasteiger charge is 2.34. The highest BCUT2D eigenvalue weighted by Crippen LogP contribution is 2.58. The molecule has 3 heterocycles. The Morgan fingerprint density at radius 1 is 0.254 bits per heavy atom. The Bertz CT molecular complexity index is 3190. The van der Waals surface area contributed by atoms with Crippen LogP contribution in [0.2, 0.25) is 0 Å². The molecule has 0 bridgehead atoms. The van der Waals surface area contributed by atoms with Gasteiger partial charge in [-0.1, -0.05) is 151 Å². The van der Waals surface area contributed by atoms with Gasteiger partial charge in [-0.2, -0.15) is 0 Å². The number of hydrogen-bond acceptors (Lipinski definition) is 4. The molecule has 67 heavy (non-hydrogen) atoms. The van der Waals surface area contributed by atoms with E-state index in [1.54, 1.807) is 0 Å². The van der Waals surface area contributed by atoms with Crippen LogP contribution in [0.4, 0.5) is 68.2 Å². The summed E-state index contributed by atoms with van der Waals surface area (Å²) in [6.45, 7) is 13.6. The third kappa shape index (κ3) is 6.60. The van der Waals surface area contributed by atoms with Crippen LogP contribution in [0, 0.1) is 0 Å². The molecule has 12 rings (SSSR count). The lowest BCUT2D eigenvalue weighted by molar-refractivity contribution is 0.590. The molecule has 1 aromatic heterocycles. The van der Waals surface area contributed by atoms with Gasteiger partial charge in [0.25, 0.3) is 0 Å². The summed E-state index contributed by atoms with van der Waals surface area (Å²) in [6.07, 6.45) is 0. The number of aromatic nitrogens is 1. The minimum Gasteiger partial charge on any atom is -0.309 e. The van der Waals surface area contributed by atoms with Crippen molar-refractivity contribution in [1.29, 1.82) is 0 Å². The van der Waals surface area contributed by atoms with Crippen molar-refractivity contribution in [3.05, 3.63) is 223 Å². The van der Waals surface area contributed by atoms with Gasteiger partial charge in [0, 0.05) is 22.1 Å². The predicted octanol–water partition coefficient (Wildman–Crippen LogP) is 17.9. The molecule has 2 aliphatic rings. The number of fused-ring (bicyclic) bond motifs is 7. The molecule has 5 heteroatoms. The second-order valence-electron chi connectivity index (χ2n) is 20.0. The summed E-state index contributed by atoms with van der Waals surface area (Å²) in [5, 5.41) is 2.46. The molecule has 0 saturated carbocycles. The van der Waals surface area contributed by atoms with E-state index in [0.29, 0.717) is 0 Å². The van der Waals surface area contributed by atoms with Gasteiger partial charge in [0.05, 0.1) is 73.6 Å². The largest absolute Gasteiger partial charge is 0.309 e. The first kappa shape index (κ1) is 40.5. The molecular weight excluding hydrogens is 815 g/mol. The third-order valence-corrected chi connectivity index (χ3v) is 13.7. The van der Waals surface area contributed by atoms with E-state index in [0.717, 1.165) is 73.9 Å². The molecule has 5 nitrogen and oxygen atoms in total. The van der Waals surface area contributed by atoms with Gasteiger partial charge in [0.15, 0.2) is 0 Å². The zero-order chi connectivity index (χ0) is 45.6. The molecular formula is C62H53N5. The number of nitrogens with zero attached hydrogens (tertiary/aromatic N) is 5. The lowest BCUT2D eigenvalue weighted by atomic mass is 9.87. The van der Waals surface area contributed by atoms with Crippen molar-refractivity contribution in [3.63, 3.8) is 0 Å². The zero-order valence-electron chi connectivity index (χ0n) is 38.9. The van der Waals surface area contributed by atoms with E-state index >= 15 is 0 Å². The summed E-state index contributed by atoms with van der Waals surface area (Å²) < 4.78 is 2.45. The fourth-order valence-electron chi connectivity index (χ4n) is 10.4. The molecule has 0 aliphatic carbocycles. The standard InChI is InChI=1S/C62H53N5/c1-61(2,3)42-31-35-44(36-32-42)63-53-23-11-15-27-57(53)66(58-28-16-12-24-54(58)63)47-39-46(65-51-21-9-7-19-49(51)50-20-8-10-22-52(50)65)40-48(41-47)67-59-29-17-13-25-55(59)64(56-26-14-18-30-60(56)67)45-37-33-43(34-38-45)62(4,5)6/h7-41H,1-6H3. The summed E-state index contributed by atoms with van der Waals surface area (Å²) >= 11 is 0. The second kappa shape index (κ2) is 15.3. The average molecular weight is 868 g/mol. The summed E-state index contributed by atoms with van der Waals surface area (Å²) in [4.78, 5) is 9.78. The first-order chi connectivity index (χ1) is 32.5. The quantitative estimate of drug-likeness (QED) is 0.171. The fraction of sp³-hybridized carbons (Fsp3) is 0.129. The molecule has 326 valence electrons. The van der Waals surface area contributed by atoms with Crippen LogP contribution >= 0.6 is 0 Å². The van der Waals surface area contributed by atoms with Gasteiger partial charge in [0.2, 0.25) is 0 Å². The second-order valence-corrected chi connectivity index (χ2v) is 20.0. The van der Waals surface area contributed by atoms with Crippen LogP contribution in [-0.2, 0) is 10.8 Å². The first-order valence-corrected chi connectivity index (χ1v) is 23.4. The van der Waals surface area contributed by atoms with Crippen molar-refractivity contribution in [2.24, 2.45) is 0 Å².